The van der Waals surface area contributed by atoms with E-state index >= 15 is 0 Å². The molecule has 0 amide bonds. The zero-order chi connectivity index (χ0) is 13.1. The molecule has 0 spiro atoms. The van der Waals surface area contributed by atoms with Gasteiger partial charge in [-0.05, 0) is 31.5 Å². The van der Waals surface area contributed by atoms with Gasteiger partial charge in [0.1, 0.15) is 5.75 Å². The molecule has 0 saturated heterocycles. The van der Waals surface area contributed by atoms with Crippen LogP contribution in [0.5, 0.6) is 11.8 Å². The van der Waals surface area contributed by atoms with Crippen LogP contribution in [-0.4, -0.2) is 9.97 Å². The van der Waals surface area contributed by atoms with Gasteiger partial charge in [0.15, 0.2) is 0 Å². The molecule has 0 aliphatic heterocycles. The molecule has 0 fully saturated rings. The minimum atomic E-state index is 0.298. The van der Waals surface area contributed by atoms with Gasteiger partial charge in [0.2, 0.25) is 0 Å². The molecule has 94 valence electrons. The molecule has 3 nitrogen and oxygen atoms in total. The van der Waals surface area contributed by atoms with Crippen LogP contribution in [0.3, 0.4) is 0 Å². The number of hydrogen-bond donors (Lipinski definition) is 0. The van der Waals surface area contributed by atoms with Crippen molar-refractivity contribution in [3.8, 4) is 11.8 Å². The quantitative estimate of drug-likeness (QED) is 0.789. The van der Waals surface area contributed by atoms with Crippen molar-refractivity contribution in [3.63, 3.8) is 0 Å². The summed E-state index contributed by atoms with van der Waals surface area (Å²) in [4.78, 5) is 8.36. The second-order valence-corrected chi connectivity index (χ2v) is 4.61. The molecular weight excluding hydrogens is 271 g/mol. The van der Waals surface area contributed by atoms with Crippen LogP contribution >= 0.6 is 23.2 Å². The molecule has 1 aromatic carbocycles. The van der Waals surface area contributed by atoms with Crippen LogP contribution in [0.1, 0.15) is 16.8 Å². The molecule has 0 unspecified atom stereocenters. The smallest absolute Gasteiger partial charge is 0.322 e. The highest BCUT2D eigenvalue weighted by Gasteiger charge is 2.07. The molecule has 1 heterocycles. The first kappa shape index (κ1) is 13.1. The Bertz CT molecular complexity index is 573. The van der Waals surface area contributed by atoms with Crippen molar-refractivity contribution in [1.29, 1.82) is 0 Å². The molecule has 0 radical (unpaired) electrons. The highest BCUT2D eigenvalue weighted by molar-refractivity contribution is 6.30. The predicted octanol–water partition coefficient (Wildman–Crippen LogP) is 4.28. The minimum Gasteiger partial charge on any atom is -0.424 e. The van der Waals surface area contributed by atoms with Crippen molar-refractivity contribution in [3.05, 3.63) is 46.2 Å². The Morgan fingerprint density at radius 2 is 2.06 bits per heavy atom. The van der Waals surface area contributed by atoms with Gasteiger partial charge < -0.3 is 4.74 Å². The monoisotopic (exact) mass is 282 g/mol. The highest BCUT2D eigenvalue weighted by Crippen LogP contribution is 2.26. The summed E-state index contributed by atoms with van der Waals surface area (Å²) in [5.74, 6) is 1.04. The summed E-state index contributed by atoms with van der Waals surface area (Å²) < 4.78 is 5.62. The molecule has 2 aromatic rings. The number of aromatic nitrogens is 2. The summed E-state index contributed by atoms with van der Waals surface area (Å²) in [7, 11) is 0. The third-order valence-electron chi connectivity index (χ3n) is 2.55. The molecule has 0 atom stereocenters. The van der Waals surface area contributed by atoms with Gasteiger partial charge in [-0.25, -0.2) is 4.98 Å². The number of alkyl halides is 1. The van der Waals surface area contributed by atoms with Crippen molar-refractivity contribution in [1.82, 2.24) is 9.97 Å². The maximum atomic E-state index is 5.92. The van der Waals surface area contributed by atoms with E-state index in [9.17, 15) is 0 Å². The zero-order valence-electron chi connectivity index (χ0n) is 10.1. The predicted molar refractivity (Wildman–Crippen MR) is 72.6 cm³/mol. The van der Waals surface area contributed by atoms with Gasteiger partial charge >= 0.3 is 6.01 Å². The summed E-state index contributed by atoms with van der Waals surface area (Å²) >= 11 is 11.7. The summed E-state index contributed by atoms with van der Waals surface area (Å²) in [6, 6.07) is 5.74. The Balaban J connectivity index is 2.28. The third kappa shape index (κ3) is 2.92. The number of halogens is 2. The van der Waals surface area contributed by atoms with Crippen molar-refractivity contribution < 1.29 is 4.74 Å². The average Bonchev–Trinajstić information content (AvgIpc) is 2.34. The van der Waals surface area contributed by atoms with Crippen molar-refractivity contribution in [2.45, 2.75) is 19.7 Å². The van der Waals surface area contributed by atoms with Gasteiger partial charge in [-0.1, -0.05) is 17.7 Å². The second kappa shape index (κ2) is 5.55. The van der Waals surface area contributed by atoms with Crippen molar-refractivity contribution in [2.24, 2.45) is 0 Å². The molecule has 0 saturated carbocycles. The van der Waals surface area contributed by atoms with Crippen LogP contribution < -0.4 is 4.74 Å². The number of rotatable bonds is 3. The van der Waals surface area contributed by atoms with Crippen molar-refractivity contribution in [2.75, 3.05) is 0 Å². The lowest BCUT2D eigenvalue weighted by Crippen LogP contribution is -1.98. The SMILES string of the molecule is Cc1ccc(Cl)cc1Oc1ncc(CCl)c(C)n1. The summed E-state index contributed by atoms with van der Waals surface area (Å²) in [6.45, 7) is 3.81. The molecule has 5 heteroatoms. The van der Waals surface area contributed by atoms with Crippen LogP contribution in [-0.2, 0) is 5.88 Å². The lowest BCUT2D eigenvalue weighted by Gasteiger charge is -2.08. The number of benzene rings is 1. The molecule has 0 N–H and O–H groups in total. The molecular formula is C13H12Cl2N2O. The van der Waals surface area contributed by atoms with Crippen LogP contribution in [0.4, 0.5) is 0 Å². The van der Waals surface area contributed by atoms with E-state index in [2.05, 4.69) is 9.97 Å². The van der Waals surface area contributed by atoms with Crippen LogP contribution in [0, 0.1) is 13.8 Å². The zero-order valence-corrected chi connectivity index (χ0v) is 11.6. The van der Waals surface area contributed by atoms with E-state index in [4.69, 9.17) is 27.9 Å². The minimum absolute atomic E-state index is 0.298. The molecule has 18 heavy (non-hydrogen) atoms. The van der Waals surface area contributed by atoms with Crippen molar-refractivity contribution >= 4 is 23.2 Å². The molecule has 0 aliphatic rings. The van der Waals surface area contributed by atoms with Crippen LogP contribution in [0.2, 0.25) is 5.02 Å². The Morgan fingerprint density at radius 1 is 1.28 bits per heavy atom. The summed E-state index contributed by atoms with van der Waals surface area (Å²) in [5.41, 5.74) is 2.68. The Morgan fingerprint density at radius 3 is 2.72 bits per heavy atom. The fourth-order valence-corrected chi connectivity index (χ4v) is 1.86. The Hall–Kier alpha value is -1.32. The number of ether oxygens (including phenoxy) is 1. The first-order valence-corrected chi connectivity index (χ1v) is 6.34. The third-order valence-corrected chi connectivity index (χ3v) is 3.08. The van der Waals surface area contributed by atoms with E-state index in [1.54, 1.807) is 12.3 Å². The van der Waals surface area contributed by atoms with Gasteiger partial charge in [-0.2, -0.15) is 4.98 Å². The maximum absolute atomic E-state index is 5.92. The van der Waals surface area contributed by atoms with E-state index < -0.39 is 0 Å². The highest BCUT2D eigenvalue weighted by atomic mass is 35.5. The largest absolute Gasteiger partial charge is 0.424 e. The normalized spacial score (nSPS) is 10.4. The number of hydrogen-bond acceptors (Lipinski definition) is 3. The number of aryl methyl sites for hydroxylation is 2. The van der Waals surface area contributed by atoms with E-state index in [0.29, 0.717) is 22.7 Å². The van der Waals surface area contributed by atoms with E-state index in [-0.39, 0.29) is 0 Å². The summed E-state index contributed by atoms with van der Waals surface area (Å²) in [5, 5.41) is 0.615. The topological polar surface area (TPSA) is 35.0 Å². The fourth-order valence-electron chi connectivity index (χ4n) is 1.43. The molecule has 0 aliphatic carbocycles. The number of nitrogens with zero attached hydrogens (tertiary/aromatic N) is 2. The van der Waals surface area contributed by atoms with Gasteiger partial charge in [0, 0.05) is 22.5 Å². The first-order chi connectivity index (χ1) is 8.60. The van der Waals surface area contributed by atoms with Gasteiger partial charge in [-0.15, -0.1) is 11.6 Å². The Labute approximate surface area is 116 Å². The molecule has 2 rings (SSSR count). The van der Waals surface area contributed by atoms with E-state index in [1.807, 2.05) is 26.0 Å². The lowest BCUT2D eigenvalue weighted by molar-refractivity contribution is 0.436. The molecule has 0 bridgehead atoms. The first-order valence-electron chi connectivity index (χ1n) is 5.42. The van der Waals surface area contributed by atoms with Crippen LogP contribution in [0.25, 0.3) is 0 Å². The molecule has 1 aromatic heterocycles. The van der Waals surface area contributed by atoms with Gasteiger partial charge in [0.05, 0.1) is 5.88 Å². The lowest BCUT2D eigenvalue weighted by atomic mass is 10.2. The fraction of sp³-hybridized carbons (Fsp3) is 0.231. The standard InChI is InChI=1S/C13H12Cl2N2O/c1-8-3-4-11(15)5-12(8)18-13-16-7-10(6-14)9(2)17-13/h3-5,7H,6H2,1-2H3. The second-order valence-electron chi connectivity index (χ2n) is 3.91. The van der Waals surface area contributed by atoms with E-state index in [1.165, 1.54) is 0 Å². The van der Waals surface area contributed by atoms with E-state index in [0.717, 1.165) is 16.8 Å². The van der Waals surface area contributed by atoms with Gasteiger partial charge in [0.25, 0.3) is 0 Å². The summed E-state index contributed by atoms with van der Waals surface area (Å²) in [6.07, 6.45) is 1.67. The average molecular weight is 283 g/mol. The Kier molecular flexibility index (Phi) is 4.04. The van der Waals surface area contributed by atoms with Crippen LogP contribution in [0.15, 0.2) is 24.4 Å². The maximum Gasteiger partial charge on any atom is 0.322 e. The van der Waals surface area contributed by atoms with Gasteiger partial charge in [-0.3, -0.25) is 0 Å².